The molecule has 2 aromatic rings. The molecule has 1 N–H and O–H groups in total. The Morgan fingerprint density at radius 1 is 1.42 bits per heavy atom. The highest BCUT2D eigenvalue weighted by molar-refractivity contribution is 7.10. The number of H-pyrrole nitrogens is 1. The number of thiophene rings is 1. The molecule has 2 aromatic heterocycles. The van der Waals surface area contributed by atoms with Crippen molar-refractivity contribution in [3.8, 4) is 0 Å². The maximum Gasteiger partial charge on any atom is 0.339 e. The van der Waals surface area contributed by atoms with Crippen molar-refractivity contribution in [3.63, 3.8) is 0 Å². The third kappa shape index (κ3) is 3.03. The van der Waals surface area contributed by atoms with E-state index in [9.17, 15) is 9.59 Å². The molecule has 0 spiro atoms. The highest BCUT2D eigenvalue weighted by atomic mass is 32.1. The van der Waals surface area contributed by atoms with Crippen LogP contribution in [0, 0.1) is 13.8 Å². The summed E-state index contributed by atoms with van der Waals surface area (Å²) in [7, 11) is 1.35. The van der Waals surface area contributed by atoms with Gasteiger partial charge in [0, 0.05) is 16.6 Å². The smallest absolute Gasteiger partial charge is 0.339 e. The molecule has 24 heavy (non-hydrogen) atoms. The number of nitrogens with zero attached hydrogens (tertiary/aromatic N) is 1. The number of carbonyl (C=O) groups is 2. The first-order valence-corrected chi connectivity index (χ1v) is 8.99. The van der Waals surface area contributed by atoms with E-state index in [-0.39, 0.29) is 5.78 Å². The lowest BCUT2D eigenvalue weighted by atomic mass is 10.1. The van der Waals surface area contributed by atoms with Crippen LogP contribution in [0.3, 0.4) is 0 Å². The summed E-state index contributed by atoms with van der Waals surface area (Å²) in [6, 6.07) is 4.52. The van der Waals surface area contributed by atoms with Gasteiger partial charge in [-0.2, -0.15) is 0 Å². The van der Waals surface area contributed by atoms with Gasteiger partial charge >= 0.3 is 5.97 Å². The third-order valence-corrected chi connectivity index (χ3v) is 5.66. The molecular weight excluding hydrogens is 324 g/mol. The second kappa shape index (κ2) is 6.91. The molecule has 0 unspecified atom stereocenters. The molecule has 1 aliphatic heterocycles. The summed E-state index contributed by atoms with van der Waals surface area (Å²) >= 11 is 1.74. The highest BCUT2D eigenvalue weighted by Gasteiger charge is 2.30. The molecule has 0 aliphatic carbocycles. The average molecular weight is 346 g/mol. The fourth-order valence-corrected chi connectivity index (χ4v) is 4.41. The van der Waals surface area contributed by atoms with E-state index in [0.29, 0.717) is 35.1 Å². The predicted molar refractivity (Wildman–Crippen MR) is 93.8 cm³/mol. The Bertz CT molecular complexity index is 749. The van der Waals surface area contributed by atoms with Gasteiger partial charge in [0.25, 0.3) is 0 Å². The zero-order valence-electron chi connectivity index (χ0n) is 14.2. The first-order chi connectivity index (χ1) is 11.5. The second-order valence-electron chi connectivity index (χ2n) is 6.18. The monoisotopic (exact) mass is 346 g/mol. The van der Waals surface area contributed by atoms with Gasteiger partial charge in [-0.3, -0.25) is 9.69 Å². The highest BCUT2D eigenvalue weighted by Crippen LogP contribution is 2.34. The topological polar surface area (TPSA) is 62.4 Å². The second-order valence-corrected chi connectivity index (χ2v) is 7.16. The van der Waals surface area contributed by atoms with Crippen LogP contribution < -0.4 is 0 Å². The van der Waals surface area contributed by atoms with E-state index < -0.39 is 5.97 Å². The number of carbonyl (C=O) groups excluding carboxylic acids is 2. The average Bonchev–Trinajstić information content (AvgIpc) is 3.27. The van der Waals surface area contributed by atoms with E-state index in [1.807, 2.05) is 0 Å². The third-order valence-electron chi connectivity index (χ3n) is 4.69. The van der Waals surface area contributed by atoms with E-state index in [1.54, 1.807) is 25.2 Å². The van der Waals surface area contributed by atoms with Crippen LogP contribution in [0.4, 0.5) is 0 Å². The fraction of sp³-hybridized carbons (Fsp3) is 0.444. The Morgan fingerprint density at radius 3 is 2.88 bits per heavy atom. The zero-order valence-corrected chi connectivity index (χ0v) is 15.0. The Hall–Kier alpha value is -1.92. The van der Waals surface area contributed by atoms with E-state index in [2.05, 4.69) is 27.4 Å². The van der Waals surface area contributed by atoms with Gasteiger partial charge in [0.15, 0.2) is 5.78 Å². The number of likely N-dealkylation sites (tertiary alicyclic amines) is 1. The molecule has 0 bridgehead atoms. The van der Waals surface area contributed by atoms with E-state index >= 15 is 0 Å². The summed E-state index contributed by atoms with van der Waals surface area (Å²) in [5.74, 6) is -0.382. The summed E-state index contributed by atoms with van der Waals surface area (Å²) in [5.41, 5.74) is 2.34. The van der Waals surface area contributed by atoms with Crippen molar-refractivity contribution in [2.24, 2.45) is 0 Å². The first kappa shape index (κ1) is 16.9. The molecule has 0 aromatic carbocycles. The minimum Gasteiger partial charge on any atom is -0.465 e. The summed E-state index contributed by atoms with van der Waals surface area (Å²) in [6.45, 7) is 4.88. The van der Waals surface area contributed by atoms with Gasteiger partial charge in [-0.25, -0.2) is 4.79 Å². The molecule has 0 amide bonds. The maximum atomic E-state index is 12.8. The summed E-state index contributed by atoms with van der Waals surface area (Å²) in [5, 5.41) is 2.08. The standard InChI is InChI=1S/C18H22N2O3S/c1-11-16(18(22)23-3)12(2)19-17(11)14(21)10-20-8-4-6-13(20)15-7-5-9-24-15/h5,7,9,13,19H,4,6,8,10H2,1-3H3/t13-/m1/s1. The molecule has 6 heteroatoms. The number of aromatic amines is 1. The molecule has 5 nitrogen and oxygen atoms in total. The summed E-state index contributed by atoms with van der Waals surface area (Å²) in [6.07, 6.45) is 2.19. The van der Waals surface area contributed by atoms with E-state index in [1.165, 1.54) is 12.0 Å². The predicted octanol–water partition coefficient (Wildman–Crippen LogP) is 3.50. The van der Waals surface area contributed by atoms with Crippen LogP contribution in [0.15, 0.2) is 17.5 Å². The summed E-state index contributed by atoms with van der Waals surface area (Å²) < 4.78 is 4.81. The van der Waals surface area contributed by atoms with Crippen LogP contribution in [0.5, 0.6) is 0 Å². The van der Waals surface area contributed by atoms with Gasteiger partial charge in [0.1, 0.15) is 0 Å². The number of aryl methyl sites for hydroxylation is 1. The lowest BCUT2D eigenvalue weighted by Crippen LogP contribution is -2.29. The van der Waals surface area contributed by atoms with E-state index in [0.717, 1.165) is 19.4 Å². The van der Waals surface area contributed by atoms with Crippen LogP contribution in [0.25, 0.3) is 0 Å². The largest absolute Gasteiger partial charge is 0.465 e. The number of esters is 1. The molecule has 128 valence electrons. The lowest BCUT2D eigenvalue weighted by molar-refractivity contribution is 0.0599. The zero-order chi connectivity index (χ0) is 17.3. The molecule has 1 atom stereocenters. The molecule has 3 rings (SSSR count). The quantitative estimate of drug-likeness (QED) is 0.665. The molecule has 1 aliphatic rings. The van der Waals surface area contributed by atoms with Crippen molar-refractivity contribution in [1.29, 1.82) is 0 Å². The Balaban J connectivity index is 1.79. The van der Waals surface area contributed by atoms with E-state index in [4.69, 9.17) is 4.74 Å². The van der Waals surface area contributed by atoms with Gasteiger partial charge in [-0.05, 0) is 50.2 Å². The van der Waals surface area contributed by atoms with Crippen LogP contribution in [-0.4, -0.2) is 41.8 Å². The number of ether oxygens (including phenoxy) is 1. The number of Topliss-reactive ketones (excluding diaryl/α,β-unsaturated/α-hetero) is 1. The van der Waals surface area contributed by atoms with Gasteiger partial charge in [-0.1, -0.05) is 6.07 Å². The van der Waals surface area contributed by atoms with Gasteiger partial charge < -0.3 is 9.72 Å². The molecule has 1 fully saturated rings. The van der Waals surface area contributed by atoms with Crippen molar-refractivity contribution in [2.45, 2.75) is 32.7 Å². The van der Waals surface area contributed by atoms with Crippen LogP contribution >= 0.6 is 11.3 Å². The number of ketones is 1. The van der Waals surface area contributed by atoms with Crippen molar-refractivity contribution >= 4 is 23.1 Å². The number of nitrogens with one attached hydrogen (secondary N) is 1. The van der Waals surface area contributed by atoms with Crippen molar-refractivity contribution in [2.75, 3.05) is 20.2 Å². The molecule has 0 saturated carbocycles. The molecule has 0 radical (unpaired) electrons. The van der Waals surface area contributed by atoms with Crippen molar-refractivity contribution in [1.82, 2.24) is 9.88 Å². The Morgan fingerprint density at radius 2 is 2.21 bits per heavy atom. The normalized spacial score (nSPS) is 18.0. The number of rotatable bonds is 5. The minimum atomic E-state index is -0.405. The maximum absolute atomic E-state index is 12.8. The number of hydrogen-bond donors (Lipinski definition) is 1. The number of aromatic nitrogens is 1. The number of hydrogen-bond acceptors (Lipinski definition) is 5. The van der Waals surface area contributed by atoms with Gasteiger partial charge in [-0.15, -0.1) is 11.3 Å². The van der Waals surface area contributed by atoms with Gasteiger partial charge in [0.05, 0.1) is 24.9 Å². The fourth-order valence-electron chi connectivity index (χ4n) is 3.52. The Labute approximate surface area is 145 Å². The van der Waals surface area contributed by atoms with Crippen molar-refractivity contribution in [3.05, 3.63) is 44.9 Å². The molecule has 3 heterocycles. The lowest BCUT2D eigenvalue weighted by Gasteiger charge is -2.22. The SMILES string of the molecule is COC(=O)c1c(C)[nH]c(C(=O)CN2CCC[C@@H]2c2cccs2)c1C. The van der Waals surface area contributed by atoms with Crippen molar-refractivity contribution < 1.29 is 14.3 Å². The van der Waals surface area contributed by atoms with Crippen LogP contribution in [0.1, 0.15) is 55.9 Å². The summed E-state index contributed by atoms with van der Waals surface area (Å²) in [4.78, 5) is 31.3. The van der Waals surface area contributed by atoms with Gasteiger partial charge in [0.2, 0.25) is 0 Å². The van der Waals surface area contributed by atoms with Crippen LogP contribution in [-0.2, 0) is 4.74 Å². The molecular formula is C18H22N2O3S. The molecule has 1 saturated heterocycles. The minimum absolute atomic E-state index is 0.0224. The van der Waals surface area contributed by atoms with Crippen LogP contribution in [0.2, 0.25) is 0 Å². The first-order valence-electron chi connectivity index (χ1n) is 8.11. The Kier molecular flexibility index (Phi) is 4.87. The number of methoxy groups -OCH3 is 1.